The van der Waals surface area contributed by atoms with E-state index in [1.54, 1.807) is 36.4 Å². The van der Waals surface area contributed by atoms with E-state index >= 15 is 0 Å². The molecule has 28 heavy (non-hydrogen) atoms. The normalized spacial score (nSPS) is 15.3. The molecule has 0 fully saturated rings. The molecule has 5 nitrogen and oxygen atoms in total. The second kappa shape index (κ2) is 7.78. The Morgan fingerprint density at radius 1 is 1.00 bits per heavy atom. The van der Waals surface area contributed by atoms with Gasteiger partial charge in [-0.25, -0.2) is 0 Å². The lowest BCUT2D eigenvalue weighted by atomic mass is 10.1. The summed E-state index contributed by atoms with van der Waals surface area (Å²) in [6.07, 6.45) is 0. The van der Waals surface area contributed by atoms with Crippen LogP contribution in [0, 0.1) is 0 Å². The molecule has 4 rings (SSSR count). The molecule has 0 saturated carbocycles. The molecular formula is C22H18N2O3S. The van der Waals surface area contributed by atoms with Crippen molar-refractivity contribution in [3.05, 3.63) is 78.4 Å². The standard InChI is InChI=1S/C22H18N2O3S/c1-14-21(25)24-19-13-15(7-12-20(19)28-14)22(26)23-16-8-10-18(11-9-16)27-17-5-3-2-4-6-17/h2-14H,1H3,(H,23,26)(H,24,25)/t14-/m0/s1. The van der Waals surface area contributed by atoms with Crippen LogP contribution in [-0.2, 0) is 4.79 Å². The van der Waals surface area contributed by atoms with Crippen LogP contribution in [0.2, 0.25) is 0 Å². The fraction of sp³-hybridized carbons (Fsp3) is 0.0909. The second-order valence-corrected chi connectivity index (χ2v) is 7.74. The van der Waals surface area contributed by atoms with E-state index in [2.05, 4.69) is 10.6 Å². The highest BCUT2D eigenvalue weighted by Gasteiger charge is 2.23. The number of rotatable bonds is 4. The Morgan fingerprint density at radius 3 is 2.46 bits per heavy atom. The van der Waals surface area contributed by atoms with Crippen molar-refractivity contribution in [1.29, 1.82) is 0 Å². The quantitative estimate of drug-likeness (QED) is 0.645. The molecule has 2 amide bonds. The van der Waals surface area contributed by atoms with Crippen LogP contribution in [0.3, 0.4) is 0 Å². The minimum atomic E-state index is -0.239. The number of carbonyl (C=O) groups excluding carboxylic acids is 2. The van der Waals surface area contributed by atoms with Crippen molar-refractivity contribution in [3.63, 3.8) is 0 Å². The van der Waals surface area contributed by atoms with Gasteiger partial charge in [0.2, 0.25) is 5.91 Å². The van der Waals surface area contributed by atoms with Gasteiger partial charge in [0.25, 0.3) is 5.91 Å². The maximum Gasteiger partial charge on any atom is 0.255 e. The summed E-state index contributed by atoms with van der Waals surface area (Å²) in [7, 11) is 0. The Morgan fingerprint density at radius 2 is 1.71 bits per heavy atom. The Balaban J connectivity index is 1.44. The molecule has 1 atom stereocenters. The first-order chi connectivity index (χ1) is 13.6. The van der Waals surface area contributed by atoms with Gasteiger partial charge in [-0.05, 0) is 61.5 Å². The van der Waals surface area contributed by atoms with Crippen LogP contribution in [0.5, 0.6) is 11.5 Å². The number of carbonyl (C=O) groups is 2. The number of hydrogen-bond donors (Lipinski definition) is 2. The zero-order valence-electron chi connectivity index (χ0n) is 15.1. The van der Waals surface area contributed by atoms with Crippen LogP contribution < -0.4 is 15.4 Å². The van der Waals surface area contributed by atoms with Gasteiger partial charge in [-0.3, -0.25) is 9.59 Å². The lowest BCUT2D eigenvalue weighted by molar-refractivity contribution is -0.115. The molecular weight excluding hydrogens is 372 g/mol. The van der Waals surface area contributed by atoms with Crippen LogP contribution >= 0.6 is 11.8 Å². The third-order valence-electron chi connectivity index (χ3n) is 4.26. The number of hydrogen-bond acceptors (Lipinski definition) is 4. The molecule has 0 aromatic heterocycles. The predicted octanol–water partition coefficient (Wildman–Crippen LogP) is 5.16. The van der Waals surface area contributed by atoms with Crippen molar-refractivity contribution in [1.82, 2.24) is 0 Å². The summed E-state index contributed by atoms with van der Waals surface area (Å²) in [5.41, 5.74) is 1.82. The minimum Gasteiger partial charge on any atom is -0.457 e. The molecule has 3 aromatic rings. The fourth-order valence-corrected chi connectivity index (χ4v) is 3.71. The smallest absolute Gasteiger partial charge is 0.255 e. The highest BCUT2D eigenvalue weighted by Crippen LogP contribution is 2.36. The van der Waals surface area contributed by atoms with Crippen LogP contribution in [0.1, 0.15) is 17.3 Å². The molecule has 0 radical (unpaired) electrons. The van der Waals surface area contributed by atoms with Gasteiger partial charge in [-0.1, -0.05) is 18.2 Å². The molecule has 1 aliphatic heterocycles. The van der Waals surface area contributed by atoms with Crippen LogP contribution in [0.15, 0.2) is 77.7 Å². The largest absolute Gasteiger partial charge is 0.457 e. The Kier molecular flexibility index (Phi) is 5.04. The Hall–Kier alpha value is -3.25. The van der Waals surface area contributed by atoms with Gasteiger partial charge in [-0.2, -0.15) is 0 Å². The van der Waals surface area contributed by atoms with Crippen molar-refractivity contribution in [2.24, 2.45) is 0 Å². The van der Waals surface area contributed by atoms with Gasteiger partial charge in [0.15, 0.2) is 0 Å². The van der Waals surface area contributed by atoms with Gasteiger partial charge in [0.05, 0.1) is 10.9 Å². The molecule has 3 aromatic carbocycles. The van der Waals surface area contributed by atoms with E-state index < -0.39 is 0 Å². The van der Waals surface area contributed by atoms with Crippen LogP contribution in [0.25, 0.3) is 0 Å². The second-order valence-electron chi connectivity index (χ2n) is 6.35. The highest BCUT2D eigenvalue weighted by atomic mass is 32.2. The zero-order chi connectivity index (χ0) is 19.5. The minimum absolute atomic E-state index is 0.0518. The van der Waals surface area contributed by atoms with Gasteiger partial charge in [0.1, 0.15) is 11.5 Å². The topological polar surface area (TPSA) is 67.4 Å². The van der Waals surface area contributed by atoms with E-state index in [4.69, 9.17) is 4.74 Å². The highest BCUT2D eigenvalue weighted by molar-refractivity contribution is 8.00. The van der Waals surface area contributed by atoms with Crippen LogP contribution in [-0.4, -0.2) is 17.1 Å². The molecule has 2 N–H and O–H groups in total. The molecule has 0 spiro atoms. The van der Waals surface area contributed by atoms with Crippen molar-refractivity contribution >= 4 is 35.0 Å². The average molecular weight is 390 g/mol. The zero-order valence-corrected chi connectivity index (χ0v) is 16.0. The van der Waals surface area contributed by atoms with Crippen molar-refractivity contribution in [2.75, 3.05) is 10.6 Å². The summed E-state index contributed by atoms with van der Waals surface area (Å²) < 4.78 is 5.75. The summed E-state index contributed by atoms with van der Waals surface area (Å²) >= 11 is 1.49. The first-order valence-electron chi connectivity index (χ1n) is 8.84. The maximum atomic E-state index is 12.6. The summed E-state index contributed by atoms with van der Waals surface area (Å²) in [6, 6.07) is 22.0. The van der Waals surface area contributed by atoms with Gasteiger partial charge in [0, 0.05) is 16.1 Å². The first kappa shape index (κ1) is 18.1. The van der Waals surface area contributed by atoms with E-state index in [1.165, 1.54) is 11.8 Å². The SMILES string of the molecule is C[C@@H]1Sc2ccc(C(=O)Nc3ccc(Oc4ccccc4)cc3)cc2NC1=O. The van der Waals surface area contributed by atoms with E-state index in [0.29, 0.717) is 22.7 Å². The molecule has 0 saturated heterocycles. The Bertz CT molecular complexity index is 1020. The molecule has 1 heterocycles. The lowest BCUT2D eigenvalue weighted by Crippen LogP contribution is -2.26. The van der Waals surface area contributed by atoms with Crippen LogP contribution in [0.4, 0.5) is 11.4 Å². The number of para-hydroxylation sites is 1. The summed E-state index contributed by atoms with van der Waals surface area (Å²) in [6.45, 7) is 1.86. The number of thioether (sulfide) groups is 1. The molecule has 0 aliphatic carbocycles. The van der Waals surface area contributed by atoms with Gasteiger partial charge < -0.3 is 15.4 Å². The van der Waals surface area contributed by atoms with Crippen molar-refractivity contribution in [3.8, 4) is 11.5 Å². The maximum absolute atomic E-state index is 12.6. The summed E-state index contributed by atoms with van der Waals surface area (Å²) in [5.74, 6) is 1.15. The van der Waals surface area contributed by atoms with Crippen molar-refractivity contribution < 1.29 is 14.3 Å². The predicted molar refractivity (Wildman–Crippen MR) is 111 cm³/mol. The molecule has 1 aliphatic rings. The number of benzene rings is 3. The molecule has 0 unspecified atom stereocenters. The van der Waals surface area contributed by atoms with E-state index in [-0.39, 0.29) is 17.1 Å². The van der Waals surface area contributed by atoms with E-state index in [0.717, 1.165) is 10.6 Å². The van der Waals surface area contributed by atoms with Crippen molar-refractivity contribution in [2.45, 2.75) is 17.1 Å². The molecule has 140 valence electrons. The number of ether oxygens (including phenoxy) is 1. The fourth-order valence-electron chi connectivity index (χ4n) is 2.78. The number of anilines is 2. The monoisotopic (exact) mass is 390 g/mol. The number of amides is 2. The molecule has 0 bridgehead atoms. The summed E-state index contributed by atoms with van der Waals surface area (Å²) in [5, 5.41) is 5.57. The number of nitrogens with one attached hydrogen (secondary N) is 2. The molecule has 6 heteroatoms. The summed E-state index contributed by atoms with van der Waals surface area (Å²) in [4.78, 5) is 25.4. The Labute approximate surface area is 167 Å². The van der Waals surface area contributed by atoms with E-state index in [1.807, 2.05) is 43.3 Å². The lowest BCUT2D eigenvalue weighted by Gasteiger charge is -2.21. The van der Waals surface area contributed by atoms with Gasteiger partial charge >= 0.3 is 0 Å². The van der Waals surface area contributed by atoms with E-state index in [9.17, 15) is 9.59 Å². The first-order valence-corrected chi connectivity index (χ1v) is 9.72. The average Bonchev–Trinajstić information content (AvgIpc) is 2.71. The third kappa shape index (κ3) is 4.02. The van der Waals surface area contributed by atoms with Gasteiger partial charge in [-0.15, -0.1) is 11.8 Å². The number of fused-ring (bicyclic) bond motifs is 1. The third-order valence-corrected chi connectivity index (χ3v) is 5.44.